The molecule has 0 saturated heterocycles. The Morgan fingerprint density at radius 1 is 1.35 bits per heavy atom. The van der Waals surface area contributed by atoms with Crippen LogP contribution in [0.3, 0.4) is 0 Å². The summed E-state index contributed by atoms with van der Waals surface area (Å²) in [4.78, 5) is 0. The maximum atomic E-state index is 6.27. The molecule has 20 heavy (non-hydrogen) atoms. The van der Waals surface area contributed by atoms with Crippen LogP contribution in [0.5, 0.6) is 11.5 Å². The van der Waals surface area contributed by atoms with Gasteiger partial charge in [-0.3, -0.25) is 0 Å². The second-order valence-corrected chi connectivity index (χ2v) is 5.25. The van der Waals surface area contributed by atoms with Crippen LogP contribution in [0.2, 0.25) is 5.02 Å². The summed E-state index contributed by atoms with van der Waals surface area (Å²) in [6.07, 6.45) is 1.96. The molecule has 0 fully saturated rings. The Morgan fingerprint density at radius 3 is 2.55 bits per heavy atom. The number of benzene rings is 1. The molecule has 1 atom stereocenters. The molecule has 0 aliphatic heterocycles. The van der Waals surface area contributed by atoms with Gasteiger partial charge in [-0.05, 0) is 44.0 Å². The number of nitrogens with one attached hydrogen (secondary N) is 1. The lowest BCUT2D eigenvalue weighted by Gasteiger charge is -2.20. The minimum Gasteiger partial charge on any atom is -0.493 e. The molecule has 1 unspecified atom stereocenters. The minimum absolute atomic E-state index is 0.231. The Hall–Kier alpha value is -1.19. The van der Waals surface area contributed by atoms with E-state index in [1.165, 1.54) is 5.57 Å². The number of rotatable bonds is 8. The number of hydrogen-bond donors (Lipinski definition) is 1. The molecule has 1 rings (SSSR count). The van der Waals surface area contributed by atoms with Crippen LogP contribution in [-0.4, -0.2) is 20.8 Å². The van der Waals surface area contributed by atoms with Crippen molar-refractivity contribution in [2.24, 2.45) is 0 Å². The second kappa shape index (κ2) is 8.18. The quantitative estimate of drug-likeness (QED) is 0.723. The van der Waals surface area contributed by atoms with Crippen LogP contribution >= 0.6 is 11.6 Å². The first-order valence-electron chi connectivity index (χ1n) is 6.82. The Morgan fingerprint density at radius 2 is 2.05 bits per heavy atom. The molecule has 4 heteroatoms. The van der Waals surface area contributed by atoms with E-state index < -0.39 is 0 Å². The van der Waals surface area contributed by atoms with Gasteiger partial charge in [0.2, 0.25) is 0 Å². The molecule has 0 bridgehead atoms. The number of methoxy groups -OCH3 is 2. The van der Waals surface area contributed by atoms with Gasteiger partial charge in [-0.25, -0.2) is 0 Å². The zero-order valence-corrected chi connectivity index (χ0v) is 13.5. The van der Waals surface area contributed by atoms with Crippen LogP contribution in [0, 0.1) is 0 Å². The van der Waals surface area contributed by atoms with E-state index in [0.717, 1.165) is 24.9 Å². The van der Waals surface area contributed by atoms with Gasteiger partial charge in [0.15, 0.2) is 11.5 Å². The maximum absolute atomic E-state index is 6.27. The summed E-state index contributed by atoms with van der Waals surface area (Å²) in [5, 5.41) is 4.04. The van der Waals surface area contributed by atoms with Gasteiger partial charge < -0.3 is 14.8 Å². The normalized spacial score (nSPS) is 12.1. The molecule has 0 saturated carbocycles. The Bertz CT molecular complexity index is 460. The van der Waals surface area contributed by atoms with Crippen molar-refractivity contribution in [1.29, 1.82) is 0 Å². The van der Waals surface area contributed by atoms with Crippen molar-refractivity contribution >= 4 is 11.6 Å². The molecular weight excluding hydrogens is 274 g/mol. The summed E-state index contributed by atoms with van der Waals surface area (Å²) in [5.74, 6) is 1.24. The summed E-state index contributed by atoms with van der Waals surface area (Å²) in [6, 6.07) is 4.15. The van der Waals surface area contributed by atoms with E-state index in [9.17, 15) is 0 Å². The molecule has 1 aromatic rings. The molecule has 0 heterocycles. The van der Waals surface area contributed by atoms with Crippen LogP contribution in [0.4, 0.5) is 0 Å². The predicted molar refractivity (Wildman–Crippen MR) is 85.0 cm³/mol. The van der Waals surface area contributed by atoms with Crippen molar-refractivity contribution in [3.05, 3.63) is 34.9 Å². The van der Waals surface area contributed by atoms with Crippen LogP contribution in [0.25, 0.3) is 0 Å². The van der Waals surface area contributed by atoms with Gasteiger partial charge in [-0.15, -0.1) is 6.58 Å². The third-order valence-corrected chi connectivity index (χ3v) is 3.45. The van der Waals surface area contributed by atoms with Gasteiger partial charge in [-0.2, -0.15) is 0 Å². The highest BCUT2D eigenvalue weighted by atomic mass is 35.5. The van der Waals surface area contributed by atoms with Crippen molar-refractivity contribution in [1.82, 2.24) is 5.32 Å². The third-order valence-electron chi connectivity index (χ3n) is 3.17. The maximum Gasteiger partial charge on any atom is 0.179 e. The van der Waals surface area contributed by atoms with E-state index >= 15 is 0 Å². The van der Waals surface area contributed by atoms with Gasteiger partial charge in [0, 0.05) is 6.04 Å². The smallest absolute Gasteiger partial charge is 0.179 e. The van der Waals surface area contributed by atoms with E-state index in [1.54, 1.807) is 14.2 Å². The zero-order valence-electron chi connectivity index (χ0n) is 12.8. The largest absolute Gasteiger partial charge is 0.493 e. The molecule has 3 nitrogen and oxygen atoms in total. The lowest BCUT2D eigenvalue weighted by atomic mass is 9.99. The summed E-state index contributed by atoms with van der Waals surface area (Å²) in [7, 11) is 3.21. The SMILES string of the molecule is C=C(C)CCC(NCC)c1cc(Cl)c(OC)c(OC)c1. The molecule has 0 aromatic heterocycles. The first-order chi connectivity index (χ1) is 9.53. The molecular formula is C16H24ClNO2. The lowest BCUT2D eigenvalue weighted by Crippen LogP contribution is -2.21. The predicted octanol–water partition coefficient (Wildman–Crippen LogP) is 4.36. The zero-order chi connectivity index (χ0) is 15.1. The average Bonchev–Trinajstić information content (AvgIpc) is 2.42. The minimum atomic E-state index is 0.231. The summed E-state index contributed by atoms with van der Waals surface area (Å²) >= 11 is 6.27. The van der Waals surface area contributed by atoms with Crippen LogP contribution in [0.15, 0.2) is 24.3 Å². The van der Waals surface area contributed by atoms with Crippen LogP contribution in [0.1, 0.15) is 38.3 Å². The molecule has 1 N–H and O–H groups in total. The van der Waals surface area contributed by atoms with Gasteiger partial charge in [0.25, 0.3) is 0 Å². The Labute approximate surface area is 126 Å². The van der Waals surface area contributed by atoms with E-state index in [4.69, 9.17) is 21.1 Å². The molecule has 1 aromatic carbocycles. The molecule has 0 radical (unpaired) electrons. The van der Waals surface area contributed by atoms with Crippen molar-refractivity contribution in [3.8, 4) is 11.5 Å². The molecule has 0 spiro atoms. The monoisotopic (exact) mass is 297 g/mol. The number of halogens is 1. The van der Waals surface area contributed by atoms with Crippen LogP contribution in [-0.2, 0) is 0 Å². The van der Waals surface area contributed by atoms with Gasteiger partial charge in [0.05, 0.1) is 19.2 Å². The fourth-order valence-corrected chi connectivity index (χ4v) is 2.46. The summed E-state index contributed by atoms with van der Waals surface area (Å²) < 4.78 is 10.6. The van der Waals surface area contributed by atoms with Gasteiger partial charge in [-0.1, -0.05) is 24.1 Å². The Balaban J connectivity index is 3.06. The molecule has 112 valence electrons. The van der Waals surface area contributed by atoms with E-state index in [-0.39, 0.29) is 6.04 Å². The Kier molecular flexibility index (Phi) is 6.89. The topological polar surface area (TPSA) is 30.5 Å². The van der Waals surface area contributed by atoms with E-state index in [2.05, 4.69) is 18.8 Å². The highest BCUT2D eigenvalue weighted by Gasteiger charge is 2.16. The number of hydrogen-bond acceptors (Lipinski definition) is 3. The number of ether oxygens (including phenoxy) is 2. The van der Waals surface area contributed by atoms with Crippen molar-refractivity contribution in [2.45, 2.75) is 32.7 Å². The van der Waals surface area contributed by atoms with Gasteiger partial charge >= 0.3 is 0 Å². The summed E-state index contributed by atoms with van der Waals surface area (Å²) in [6.45, 7) is 9.00. The summed E-state index contributed by atoms with van der Waals surface area (Å²) in [5.41, 5.74) is 2.29. The van der Waals surface area contributed by atoms with Crippen LogP contribution < -0.4 is 14.8 Å². The molecule has 0 aliphatic carbocycles. The standard InChI is InChI=1S/C16H24ClNO2/c1-6-18-14(8-7-11(2)3)12-9-13(17)16(20-5)15(10-12)19-4/h9-10,14,18H,2,6-8H2,1,3-5H3. The second-order valence-electron chi connectivity index (χ2n) is 4.84. The third kappa shape index (κ3) is 4.43. The van der Waals surface area contributed by atoms with Crippen molar-refractivity contribution < 1.29 is 9.47 Å². The fraction of sp³-hybridized carbons (Fsp3) is 0.500. The first-order valence-corrected chi connectivity index (χ1v) is 7.20. The average molecular weight is 298 g/mol. The first kappa shape index (κ1) is 16.9. The lowest BCUT2D eigenvalue weighted by molar-refractivity contribution is 0.354. The van der Waals surface area contributed by atoms with Gasteiger partial charge in [0.1, 0.15) is 0 Å². The van der Waals surface area contributed by atoms with Crippen molar-refractivity contribution in [2.75, 3.05) is 20.8 Å². The van der Waals surface area contributed by atoms with Crippen molar-refractivity contribution in [3.63, 3.8) is 0 Å². The highest BCUT2D eigenvalue weighted by Crippen LogP contribution is 2.38. The fourth-order valence-electron chi connectivity index (χ4n) is 2.16. The number of allylic oxidation sites excluding steroid dienone is 1. The highest BCUT2D eigenvalue weighted by molar-refractivity contribution is 6.32. The molecule has 0 amide bonds. The van der Waals surface area contributed by atoms with E-state index in [1.807, 2.05) is 19.1 Å². The molecule has 0 aliphatic rings. The van der Waals surface area contributed by atoms with E-state index in [0.29, 0.717) is 16.5 Å².